The topological polar surface area (TPSA) is 43.1 Å². The summed E-state index contributed by atoms with van der Waals surface area (Å²) in [5, 5.41) is 0. The lowest BCUT2D eigenvalue weighted by Crippen LogP contribution is -2.50. The highest BCUT2D eigenvalue weighted by atomic mass is 19.1. The summed E-state index contributed by atoms with van der Waals surface area (Å²) in [5.41, 5.74) is 3.45. The Labute approximate surface area is 71.3 Å². The van der Waals surface area contributed by atoms with E-state index in [-0.39, 0.29) is 11.8 Å². The van der Waals surface area contributed by atoms with Gasteiger partial charge in [0.2, 0.25) is 0 Å². The van der Waals surface area contributed by atoms with E-state index in [1.165, 1.54) is 0 Å². The Morgan fingerprint density at radius 2 is 1.75 bits per heavy atom. The molecule has 2 N–H and O–H groups in total. The van der Waals surface area contributed by atoms with E-state index in [4.69, 9.17) is 5.73 Å². The van der Waals surface area contributed by atoms with Crippen LogP contribution in [0, 0.1) is 11.8 Å². The Hall–Kier alpha value is -0.600. The molecule has 1 unspecified atom stereocenters. The minimum Gasteiger partial charge on any atom is -0.367 e. The molecule has 2 rings (SSSR count). The second-order valence-electron chi connectivity index (χ2n) is 4.03. The van der Waals surface area contributed by atoms with Crippen molar-refractivity contribution >= 4 is 5.91 Å². The summed E-state index contributed by atoms with van der Waals surface area (Å²) in [5.74, 6) is -0.850. The summed E-state index contributed by atoms with van der Waals surface area (Å²) in [6.07, 6.45) is 4.42. The number of carbonyl (C=O) groups excluding carboxylic acids is 1. The number of hydrogen-bond acceptors (Lipinski definition) is 1. The zero-order valence-corrected chi connectivity index (χ0v) is 7.05. The molecule has 12 heavy (non-hydrogen) atoms. The van der Waals surface area contributed by atoms with Crippen LogP contribution >= 0.6 is 0 Å². The van der Waals surface area contributed by atoms with Crippen LogP contribution in [0.4, 0.5) is 4.39 Å². The van der Waals surface area contributed by atoms with Gasteiger partial charge in [-0.2, -0.15) is 0 Å². The van der Waals surface area contributed by atoms with Crippen LogP contribution in [-0.4, -0.2) is 11.6 Å². The molecule has 0 heterocycles. The SMILES string of the molecule is NC(=O)C(F)(C1CCC1)C1CC1. The summed E-state index contributed by atoms with van der Waals surface area (Å²) in [6, 6.07) is 0. The van der Waals surface area contributed by atoms with Crippen LogP contribution in [0.15, 0.2) is 0 Å². The van der Waals surface area contributed by atoms with Crippen LogP contribution in [0.5, 0.6) is 0 Å². The van der Waals surface area contributed by atoms with Gasteiger partial charge in [-0.05, 0) is 25.7 Å². The Balaban J connectivity index is 2.13. The Kier molecular flexibility index (Phi) is 1.63. The van der Waals surface area contributed by atoms with Crippen molar-refractivity contribution in [1.29, 1.82) is 0 Å². The van der Waals surface area contributed by atoms with Crippen molar-refractivity contribution in [3.63, 3.8) is 0 Å². The van der Waals surface area contributed by atoms with Crippen LogP contribution in [0.2, 0.25) is 0 Å². The summed E-state index contributed by atoms with van der Waals surface area (Å²) in [6.45, 7) is 0. The lowest BCUT2D eigenvalue weighted by molar-refractivity contribution is -0.138. The molecule has 2 aliphatic carbocycles. The van der Waals surface area contributed by atoms with Gasteiger partial charge in [0.25, 0.3) is 5.91 Å². The number of hydrogen-bond donors (Lipinski definition) is 1. The van der Waals surface area contributed by atoms with E-state index in [1.54, 1.807) is 0 Å². The first kappa shape index (κ1) is 8.02. The molecule has 0 radical (unpaired) electrons. The number of amides is 1. The van der Waals surface area contributed by atoms with Gasteiger partial charge in [0.15, 0.2) is 5.67 Å². The van der Waals surface area contributed by atoms with Gasteiger partial charge in [0, 0.05) is 11.8 Å². The second-order valence-corrected chi connectivity index (χ2v) is 4.03. The Bertz CT molecular complexity index is 211. The third-order valence-corrected chi connectivity index (χ3v) is 3.25. The molecule has 1 amide bonds. The number of nitrogens with two attached hydrogens (primary N) is 1. The van der Waals surface area contributed by atoms with Gasteiger partial charge in [-0.25, -0.2) is 4.39 Å². The summed E-state index contributed by atoms with van der Waals surface area (Å²) in [7, 11) is 0. The highest BCUT2D eigenvalue weighted by Crippen LogP contribution is 2.51. The van der Waals surface area contributed by atoms with Crippen LogP contribution in [0.1, 0.15) is 32.1 Å². The molecular weight excluding hydrogens is 157 g/mol. The zero-order valence-electron chi connectivity index (χ0n) is 7.05. The van der Waals surface area contributed by atoms with Gasteiger partial charge in [-0.3, -0.25) is 4.79 Å². The van der Waals surface area contributed by atoms with Crippen molar-refractivity contribution < 1.29 is 9.18 Å². The van der Waals surface area contributed by atoms with Gasteiger partial charge >= 0.3 is 0 Å². The van der Waals surface area contributed by atoms with Crippen LogP contribution in [0.25, 0.3) is 0 Å². The first-order valence-corrected chi connectivity index (χ1v) is 4.64. The van der Waals surface area contributed by atoms with Crippen molar-refractivity contribution in [2.24, 2.45) is 17.6 Å². The third kappa shape index (κ3) is 0.952. The molecule has 0 aromatic carbocycles. The van der Waals surface area contributed by atoms with Crippen molar-refractivity contribution in [3.05, 3.63) is 0 Å². The van der Waals surface area contributed by atoms with E-state index in [0.29, 0.717) is 0 Å². The fourth-order valence-electron chi connectivity index (χ4n) is 2.07. The summed E-state index contributed by atoms with van der Waals surface area (Å²) >= 11 is 0. The smallest absolute Gasteiger partial charge is 0.255 e. The van der Waals surface area contributed by atoms with Crippen LogP contribution in [0.3, 0.4) is 0 Å². The maximum atomic E-state index is 14.1. The van der Waals surface area contributed by atoms with Crippen molar-refractivity contribution in [2.75, 3.05) is 0 Å². The van der Waals surface area contributed by atoms with E-state index in [1.807, 2.05) is 0 Å². The molecule has 2 fully saturated rings. The largest absolute Gasteiger partial charge is 0.367 e. The van der Waals surface area contributed by atoms with Gasteiger partial charge in [0.05, 0.1) is 0 Å². The first-order valence-electron chi connectivity index (χ1n) is 4.64. The maximum absolute atomic E-state index is 14.1. The molecule has 1 atom stereocenters. The monoisotopic (exact) mass is 171 g/mol. The molecule has 68 valence electrons. The van der Waals surface area contributed by atoms with Gasteiger partial charge in [-0.1, -0.05) is 6.42 Å². The summed E-state index contributed by atoms with van der Waals surface area (Å²) in [4.78, 5) is 11.0. The zero-order chi connectivity index (χ0) is 8.77. The van der Waals surface area contributed by atoms with Crippen LogP contribution < -0.4 is 5.73 Å². The number of primary amides is 1. The number of alkyl halides is 1. The molecule has 0 aromatic rings. The predicted molar refractivity (Wildman–Crippen MR) is 43.1 cm³/mol. The van der Waals surface area contributed by atoms with Gasteiger partial charge in [-0.15, -0.1) is 0 Å². The van der Waals surface area contributed by atoms with Gasteiger partial charge < -0.3 is 5.73 Å². The van der Waals surface area contributed by atoms with E-state index in [0.717, 1.165) is 32.1 Å². The molecule has 0 aliphatic heterocycles. The highest BCUT2D eigenvalue weighted by molar-refractivity contribution is 5.84. The molecule has 2 nitrogen and oxygen atoms in total. The van der Waals surface area contributed by atoms with Gasteiger partial charge in [0.1, 0.15) is 0 Å². The predicted octanol–water partition coefficient (Wildman–Crippen LogP) is 1.39. The third-order valence-electron chi connectivity index (χ3n) is 3.25. The minimum absolute atomic E-state index is 0.0553. The fourth-order valence-corrected chi connectivity index (χ4v) is 2.07. The molecule has 2 saturated carbocycles. The molecule has 0 bridgehead atoms. The van der Waals surface area contributed by atoms with E-state index < -0.39 is 11.6 Å². The maximum Gasteiger partial charge on any atom is 0.255 e. The van der Waals surface area contributed by atoms with E-state index in [2.05, 4.69) is 0 Å². The highest BCUT2D eigenvalue weighted by Gasteiger charge is 2.56. The molecule has 2 aliphatic rings. The van der Waals surface area contributed by atoms with Crippen molar-refractivity contribution in [3.8, 4) is 0 Å². The Morgan fingerprint density at radius 3 is 2.00 bits per heavy atom. The minimum atomic E-state index is -1.65. The molecular formula is C9H14FNO. The molecule has 3 heteroatoms. The van der Waals surface area contributed by atoms with E-state index >= 15 is 0 Å². The number of halogens is 1. The number of rotatable bonds is 3. The normalized spacial score (nSPS) is 29.1. The number of carbonyl (C=O) groups is 1. The average molecular weight is 171 g/mol. The standard InChI is InChI=1S/C9H14FNO/c10-9(8(11)12,7-4-5-7)6-2-1-3-6/h6-7H,1-5H2,(H2,11,12). The second kappa shape index (κ2) is 2.44. The lowest BCUT2D eigenvalue weighted by Gasteiger charge is -2.37. The van der Waals surface area contributed by atoms with E-state index in [9.17, 15) is 9.18 Å². The van der Waals surface area contributed by atoms with Crippen molar-refractivity contribution in [2.45, 2.75) is 37.8 Å². The quantitative estimate of drug-likeness (QED) is 0.685. The molecule has 0 spiro atoms. The molecule has 0 saturated heterocycles. The van der Waals surface area contributed by atoms with Crippen molar-refractivity contribution in [1.82, 2.24) is 0 Å². The fraction of sp³-hybridized carbons (Fsp3) is 0.889. The summed E-state index contributed by atoms with van der Waals surface area (Å²) < 4.78 is 14.1. The Morgan fingerprint density at radius 1 is 1.25 bits per heavy atom. The average Bonchev–Trinajstić information content (AvgIpc) is 2.62. The lowest BCUT2D eigenvalue weighted by atomic mass is 9.71. The first-order chi connectivity index (χ1) is 5.65. The molecule has 0 aromatic heterocycles. The van der Waals surface area contributed by atoms with Crippen LogP contribution in [-0.2, 0) is 4.79 Å².